The molecule has 20 heavy (non-hydrogen) atoms. The first-order chi connectivity index (χ1) is 9.67. The third-order valence-electron chi connectivity index (χ3n) is 3.27. The van der Waals surface area contributed by atoms with Gasteiger partial charge in [0.25, 0.3) is 0 Å². The molecule has 0 aromatic heterocycles. The van der Waals surface area contributed by atoms with Crippen molar-refractivity contribution in [3.8, 4) is 5.75 Å². The number of rotatable bonds is 5. The van der Waals surface area contributed by atoms with Crippen LogP contribution < -0.4 is 10.5 Å². The van der Waals surface area contributed by atoms with Crippen molar-refractivity contribution in [1.29, 1.82) is 0 Å². The first-order valence-electron chi connectivity index (χ1n) is 6.34. The minimum Gasteiger partial charge on any atom is -0.494 e. The highest BCUT2D eigenvalue weighted by Crippen LogP contribution is 2.31. The zero-order valence-corrected chi connectivity index (χ0v) is 11.5. The van der Waals surface area contributed by atoms with Crippen LogP contribution in [-0.2, 0) is 4.74 Å². The maximum absolute atomic E-state index is 13.8. The molecule has 2 atom stereocenters. The Morgan fingerprint density at radius 2 is 1.70 bits per heavy atom. The fourth-order valence-electron chi connectivity index (χ4n) is 2.20. The van der Waals surface area contributed by atoms with Crippen molar-refractivity contribution in [2.24, 2.45) is 5.73 Å². The molecule has 2 unspecified atom stereocenters. The van der Waals surface area contributed by atoms with Crippen LogP contribution in [0.3, 0.4) is 0 Å². The van der Waals surface area contributed by atoms with E-state index in [1.807, 2.05) is 30.3 Å². The van der Waals surface area contributed by atoms with Crippen LogP contribution in [0.4, 0.5) is 4.39 Å². The maximum Gasteiger partial charge on any atom is 0.165 e. The number of methoxy groups -OCH3 is 2. The van der Waals surface area contributed by atoms with E-state index in [2.05, 4.69) is 0 Å². The molecule has 0 amide bonds. The third kappa shape index (κ3) is 2.98. The molecule has 0 aliphatic rings. The molecule has 0 saturated carbocycles. The molecule has 0 spiro atoms. The molecular weight excluding hydrogens is 257 g/mol. The molecule has 0 radical (unpaired) electrons. The van der Waals surface area contributed by atoms with Crippen molar-refractivity contribution < 1.29 is 13.9 Å². The van der Waals surface area contributed by atoms with E-state index in [9.17, 15) is 4.39 Å². The summed E-state index contributed by atoms with van der Waals surface area (Å²) in [7, 11) is 3.03. The Hall–Kier alpha value is -1.91. The van der Waals surface area contributed by atoms with E-state index in [1.54, 1.807) is 19.2 Å². The molecule has 2 N–H and O–H groups in total. The monoisotopic (exact) mass is 275 g/mol. The highest BCUT2D eigenvalue weighted by Gasteiger charge is 2.22. The first-order valence-corrected chi connectivity index (χ1v) is 6.34. The Kier molecular flexibility index (Phi) is 4.71. The average molecular weight is 275 g/mol. The Balaban J connectivity index is 2.29. The number of hydrogen-bond donors (Lipinski definition) is 1. The topological polar surface area (TPSA) is 44.5 Å². The van der Waals surface area contributed by atoms with Gasteiger partial charge in [-0.3, -0.25) is 0 Å². The van der Waals surface area contributed by atoms with Crippen molar-refractivity contribution in [3.63, 3.8) is 0 Å². The molecule has 2 rings (SSSR count). The molecular formula is C16H18FNO2. The van der Waals surface area contributed by atoms with Crippen LogP contribution in [0.2, 0.25) is 0 Å². The first kappa shape index (κ1) is 14.5. The van der Waals surface area contributed by atoms with Crippen LogP contribution in [0.5, 0.6) is 5.75 Å². The van der Waals surface area contributed by atoms with Gasteiger partial charge < -0.3 is 15.2 Å². The highest BCUT2D eigenvalue weighted by molar-refractivity contribution is 5.33. The van der Waals surface area contributed by atoms with E-state index in [1.165, 1.54) is 13.2 Å². The molecule has 2 aromatic rings. The Morgan fingerprint density at radius 3 is 2.25 bits per heavy atom. The summed E-state index contributed by atoms with van der Waals surface area (Å²) in [4.78, 5) is 0. The Morgan fingerprint density at radius 1 is 1.00 bits per heavy atom. The van der Waals surface area contributed by atoms with Crippen molar-refractivity contribution in [2.45, 2.75) is 12.1 Å². The summed E-state index contributed by atoms with van der Waals surface area (Å²) in [5.41, 5.74) is 7.83. The van der Waals surface area contributed by atoms with Gasteiger partial charge in [0.15, 0.2) is 11.6 Å². The van der Waals surface area contributed by atoms with Gasteiger partial charge in [0.1, 0.15) is 6.10 Å². The summed E-state index contributed by atoms with van der Waals surface area (Å²) in [6.45, 7) is 0. The lowest BCUT2D eigenvalue weighted by Gasteiger charge is -2.23. The smallest absolute Gasteiger partial charge is 0.165 e. The van der Waals surface area contributed by atoms with E-state index in [-0.39, 0.29) is 11.9 Å². The van der Waals surface area contributed by atoms with Crippen LogP contribution in [0.25, 0.3) is 0 Å². The second-order valence-corrected chi connectivity index (χ2v) is 4.49. The average Bonchev–Trinajstić information content (AvgIpc) is 2.49. The Labute approximate surface area is 118 Å². The predicted molar refractivity (Wildman–Crippen MR) is 76.1 cm³/mol. The molecule has 4 heteroatoms. The van der Waals surface area contributed by atoms with E-state index in [4.69, 9.17) is 15.2 Å². The zero-order chi connectivity index (χ0) is 14.5. The van der Waals surface area contributed by atoms with Gasteiger partial charge in [-0.2, -0.15) is 0 Å². The molecule has 106 valence electrons. The molecule has 0 saturated heterocycles. The maximum atomic E-state index is 13.8. The van der Waals surface area contributed by atoms with E-state index >= 15 is 0 Å². The summed E-state index contributed by atoms with van der Waals surface area (Å²) >= 11 is 0. The lowest BCUT2D eigenvalue weighted by atomic mass is 9.96. The van der Waals surface area contributed by atoms with E-state index in [0.29, 0.717) is 5.56 Å². The van der Waals surface area contributed by atoms with E-state index < -0.39 is 11.9 Å². The minimum atomic E-state index is -0.456. The molecule has 0 heterocycles. The van der Waals surface area contributed by atoms with Crippen LogP contribution >= 0.6 is 0 Å². The standard InChI is InChI=1S/C16H18FNO2/c1-19-14-9-8-12(10-13(14)17)15(18)16(20-2)11-6-4-3-5-7-11/h3-10,15-16H,18H2,1-2H3. The largest absolute Gasteiger partial charge is 0.494 e. The van der Waals surface area contributed by atoms with Gasteiger partial charge in [0.2, 0.25) is 0 Å². The summed E-state index contributed by atoms with van der Waals surface area (Å²) in [5, 5.41) is 0. The van der Waals surface area contributed by atoms with Gasteiger partial charge in [-0.1, -0.05) is 36.4 Å². The zero-order valence-electron chi connectivity index (χ0n) is 11.5. The van der Waals surface area contributed by atoms with Crippen molar-refractivity contribution >= 4 is 0 Å². The second-order valence-electron chi connectivity index (χ2n) is 4.49. The third-order valence-corrected chi connectivity index (χ3v) is 3.27. The predicted octanol–water partition coefficient (Wildman–Crippen LogP) is 3.22. The lowest BCUT2D eigenvalue weighted by Crippen LogP contribution is -2.21. The molecule has 3 nitrogen and oxygen atoms in total. The molecule has 0 fully saturated rings. The SMILES string of the molecule is COc1ccc(C(N)C(OC)c2ccccc2)cc1F. The number of halogens is 1. The van der Waals surface area contributed by atoms with Crippen molar-refractivity contribution in [3.05, 3.63) is 65.5 Å². The summed E-state index contributed by atoms with van der Waals surface area (Å²) < 4.78 is 24.1. The normalized spacial score (nSPS) is 13.8. The van der Waals surface area contributed by atoms with Gasteiger partial charge in [0, 0.05) is 7.11 Å². The summed E-state index contributed by atoms with van der Waals surface area (Å²) in [5.74, 6) is -0.224. The number of ether oxygens (including phenoxy) is 2. The van der Waals surface area contributed by atoms with Crippen LogP contribution in [0.15, 0.2) is 48.5 Å². The molecule has 0 aliphatic heterocycles. The minimum absolute atomic E-state index is 0.203. The Bertz CT molecular complexity index is 560. The van der Waals surface area contributed by atoms with Crippen molar-refractivity contribution in [2.75, 3.05) is 14.2 Å². The van der Waals surface area contributed by atoms with Gasteiger partial charge in [-0.05, 0) is 23.3 Å². The fourth-order valence-corrected chi connectivity index (χ4v) is 2.20. The summed E-state index contributed by atoms with van der Waals surface area (Å²) in [6.07, 6.45) is -0.330. The summed E-state index contributed by atoms with van der Waals surface area (Å²) in [6, 6.07) is 13.9. The fraction of sp³-hybridized carbons (Fsp3) is 0.250. The number of hydrogen-bond acceptors (Lipinski definition) is 3. The lowest BCUT2D eigenvalue weighted by molar-refractivity contribution is 0.0801. The highest BCUT2D eigenvalue weighted by atomic mass is 19.1. The van der Waals surface area contributed by atoms with Gasteiger partial charge >= 0.3 is 0 Å². The number of nitrogens with two attached hydrogens (primary N) is 1. The number of benzene rings is 2. The van der Waals surface area contributed by atoms with Gasteiger partial charge in [0.05, 0.1) is 13.2 Å². The quantitative estimate of drug-likeness (QED) is 0.911. The second kappa shape index (κ2) is 6.50. The van der Waals surface area contributed by atoms with E-state index in [0.717, 1.165) is 5.56 Å². The van der Waals surface area contributed by atoms with Crippen molar-refractivity contribution in [1.82, 2.24) is 0 Å². The van der Waals surface area contributed by atoms with Gasteiger partial charge in [-0.15, -0.1) is 0 Å². The van der Waals surface area contributed by atoms with Crippen LogP contribution in [-0.4, -0.2) is 14.2 Å². The molecule has 2 aromatic carbocycles. The van der Waals surface area contributed by atoms with Crippen LogP contribution in [0, 0.1) is 5.82 Å². The van der Waals surface area contributed by atoms with Crippen LogP contribution in [0.1, 0.15) is 23.3 Å². The molecule has 0 aliphatic carbocycles. The molecule has 0 bridgehead atoms. The van der Waals surface area contributed by atoms with Gasteiger partial charge in [-0.25, -0.2) is 4.39 Å².